The summed E-state index contributed by atoms with van der Waals surface area (Å²) in [6.07, 6.45) is -7.29. The highest BCUT2D eigenvalue weighted by Crippen LogP contribution is 2.25. The number of hydroxylamine groups is 1. The lowest BCUT2D eigenvalue weighted by Crippen LogP contribution is -2.60. The summed E-state index contributed by atoms with van der Waals surface area (Å²) in [6, 6.07) is 6.13. The van der Waals surface area contributed by atoms with Crippen molar-refractivity contribution < 1.29 is 34.8 Å². The van der Waals surface area contributed by atoms with Crippen LogP contribution in [-0.2, 0) is 14.4 Å². The average molecular weight is 348 g/mol. The SMILES string of the molecule is CC(=O)N(O[C@@H]1O[C@H](CO)[C@@H](O)[C@H](O)[C@H]1O)c1ccc(Cl)cc1. The number of nitrogens with zero attached hydrogens (tertiary/aromatic N) is 1. The Morgan fingerprint density at radius 2 is 1.83 bits per heavy atom. The molecular weight excluding hydrogens is 330 g/mol. The molecule has 0 aliphatic carbocycles. The maximum atomic E-state index is 11.8. The fraction of sp³-hybridized carbons (Fsp3) is 0.500. The molecule has 0 aromatic heterocycles. The van der Waals surface area contributed by atoms with Gasteiger partial charge in [0, 0.05) is 11.9 Å². The normalized spacial score (nSPS) is 31.0. The quantitative estimate of drug-likeness (QED) is 0.538. The molecule has 1 aromatic carbocycles. The number of anilines is 1. The summed E-state index contributed by atoms with van der Waals surface area (Å²) in [5.74, 6) is -0.510. The predicted octanol–water partition coefficient (Wildman–Crippen LogP) is -0.576. The van der Waals surface area contributed by atoms with Crippen LogP contribution in [0, 0.1) is 0 Å². The largest absolute Gasteiger partial charge is 0.394 e. The van der Waals surface area contributed by atoms with Crippen LogP contribution in [0.15, 0.2) is 24.3 Å². The number of halogens is 1. The summed E-state index contributed by atoms with van der Waals surface area (Å²) in [5.41, 5.74) is 0.332. The number of aliphatic hydroxyl groups is 4. The van der Waals surface area contributed by atoms with E-state index in [9.17, 15) is 20.1 Å². The van der Waals surface area contributed by atoms with E-state index in [0.29, 0.717) is 10.7 Å². The molecule has 1 heterocycles. The Labute approximate surface area is 137 Å². The second-order valence-corrected chi connectivity index (χ2v) is 5.53. The summed E-state index contributed by atoms with van der Waals surface area (Å²) in [4.78, 5) is 17.1. The molecule has 4 N–H and O–H groups in total. The van der Waals surface area contributed by atoms with Gasteiger partial charge in [-0.3, -0.25) is 4.79 Å². The van der Waals surface area contributed by atoms with Crippen molar-refractivity contribution in [1.82, 2.24) is 0 Å². The fourth-order valence-corrected chi connectivity index (χ4v) is 2.28. The molecule has 1 aliphatic rings. The topological polar surface area (TPSA) is 120 Å². The number of carbonyl (C=O) groups is 1. The van der Waals surface area contributed by atoms with Crippen molar-refractivity contribution in [3.63, 3.8) is 0 Å². The highest BCUT2D eigenvalue weighted by Gasteiger charge is 2.45. The zero-order valence-corrected chi connectivity index (χ0v) is 13.0. The number of carbonyl (C=O) groups excluding carboxylic acids is 1. The maximum Gasteiger partial charge on any atom is 0.247 e. The lowest BCUT2D eigenvalue weighted by atomic mass is 9.99. The molecule has 1 aliphatic heterocycles. The number of hydrogen-bond acceptors (Lipinski definition) is 7. The molecule has 1 aromatic rings. The zero-order chi connectivity index (χ0) is 17.1. The third kappa shape index (κ3) is 3.99. The Kier molecular flexibility index (Phi) is 5.93. The maximum absolute atomic E-state index is 11.8. The molecule has 0 saturated carbocycles. The number of ether oxygens (including phenoxy) is 1. The Bertz CT molecular complexity index is 538. The van der Waals surface area contributed by atoms with Crippen LogP contribution in [0.25, 0.3) is 0 Å². The first kappa shape index (κ1) is 18.1. The van der Waals surface area contributed by atoms with Crippen LogP contribution >= 0.6 is 11.6 Å². The van der Waals surface area contributed by atoms with E-state index in [4.69, 9.17) is 26.3 Å². The zero-order valence-electron chi connectivity index (χ0n) is 12.2. The van der Waals surface area contributed by atoms with Crippen molar-refractivity contribution in [2.24, 2.45) is 0 Å². The van der Waals surface area contributed by atoms with E-state index in [0.717, 1.165) is 5.06 Å². The predicted molar refractivity (Wildman–Crippen MR) is 79.5 cm³/mol. The van der Waals surface area contributed by atoms with E-state index in [1.165, 1.54) is 19.1 Å². The molecule has 23 heavy (non-hydrogen) atoms. The Hall–Kier alpha value is -1.26. The minimum absolute atomic E-state index is 0.332. The number of rotatable bonds is 4. The lowest BCUT2D eigenvalue weighted by molar-refractivity contribution is -0.302. The Balaban J connectivity index is 2.19. The van der Waals surface area contributed by atoms with Gasteiger partial charge in [-0.25, -0.2) is 4.84 Å². The van der Waals surface area contributed by atoms with Gasteiger partial charge in [-0.15, -0.1) is 0 Å². The highest BCUT2D eigenvalue weighted by molar-refractivity contribution is 6.30. The van der Waals surface area contributed by atoms with E-state index in [1.54, 1.807) is 12.1 Å². The summed E-state index contributed by atoms with van der Waals surface area (Å²) < 4.78 is 5.20. The summed E-state index contributed by atoms with van der Waals surface area (Å²) in [7, 11) is 0. The van der Waals surface area contributed by atoms with Gasteiger partial charge in [-0.2, -0.15) is 5.06 Å². The van der Waals surface area contributed by atoms with E-state index in [-0.39, 0.29) is 0 Å². The van der Waals surface area contributed by atoms with Crippen LogP contribution in [0.3, 0.4) is 0 Å². The van der Waals surface area contributed by atoms with E-state index >= 15 is 0 Å². The van der Waals surface area contributed by atoms with Crippen molar-refractivity contribution in [2.75, 3.05) is 11.7 Å². The van der Waals surface area contributed by atoms with Crippen molar-refractivity contribution in [2.45, 2.75) is 37.6 Å². The second-order valence-electron chi connectivity index (χ2n) is 5.09. The third-order valence-electron chi connectivity index (χ3n) is 3.40. The molecule has 0 radical (unpaired) electrons. The van der Waals surface area contributed by atoms with Crippen molar-refractivity contribution in [3.05, 3.63) is 29.3 Å². The van der Waals surface area contributed by atoms with Gasteiger partial charge < -0.3 is 25.2 Å². The molecule has 128 valence electrons. The van der Waals surface area contributed by atoms with Gasteiger partial charge in [0.25, 0.3) is 0 Å². The molecule has 0 spiro atoms. The van der Waals surface area contributed by atoms with Crippen LogP contribution in [-0.4, -0.2) is 63.6 Å². The van der Waals surface area contributed by atoms with Crippen molar-refractivity contribution >= 4 is 23.2 Å². The first-order chi connectivity index (χ1) is 10.8. The first-order valence-corrected chi connectivity index (χ1v) is 7.26. The number of hydrogen-bond donors (Lipinski definition) is 4. The van der Waals surface area contributed by atoms with Crippen LogP contribution in [0.2, 0.25) is 5.02 Å². The lowest BCUT2D eigenvalue weighted by Gasteiger charge is -2.40. The second kappa shape index (κ2) is 7.54. The Morgan fingerprint density at radius 1 is 1.22 bits per heavy atom. The van der Waals surface area contributed by atoms with Gasteiger partial charge in [-0.1, -0.05) is 11.6 Å². The van der Waals surface area contributed by atoms with Gasteiger partial charge in [0.15, 0.2) is 0 Å². The standard InChI is InChI=1S/C14H18ClNO7/c1-7(18)16(9-4-2-8(15)3-5-9)23-14-13(21)12(20)11(19)10(6-17)22-14/h2-5,10-14,17,19-21H,6H2,1H3/t10-,11-,12+,13-,14+/m1/s1. The van der Waals surface area contributed by atoms with Crippen LogP contribution in [0.1, 0.15) is 6.92 Å². The summed E-state index contributed by atoms with van der Waals surface area (Å²) in [5, 5.41) is 39.9. The van der Waals surface area contributed by atoms with Crippen molar-refractivity contribution in [1.29, 1.82) is 0 Å². The molecule has 9 heteroatoms. The molecule has 5 atom stereocenters. The van der Waals surface area contributed by atoms with Crippen LogP contribution in [0.5, 0.6) is 0 Å². The Morgan fingerprint density at radius 3 is 2.35 bits per heavy atom. The van der Waals surface area contributed by atoms with Crippen LogP contribution in [0.4, 0.5) is 5.69 Å². The van der Waals surface area contributed by atoms with Gasteiger partial charge in [0.2, 0.25) is 12.2 Å². The minimum atomic E-state index is -1.61. The van der Waals surface area contributed by atoms with E-state index < -0.39 is 43.2 Å². The summed E-state index contributed by atoms with van der Waals surface area (Å²) in [6.45, 7) is 0.643. The molecule has 1 saturated heterocycles. The van der Waals surface area contributed by atoms with Gasteiger partial charge >= 0.3 is 0 Å². The van der Waals surface area contributed by atoms with E-state index in [1.807, 2.05) is 0 Å². The average Bonchev–Trinajstić information content (AvgIpc) is 2.53. The molecule has 8 nitrogen and oxygen atoms in total. The fourth-order valence-electron chi connectivity index (χ4n) is 2.15. The molecule has 1 fully saturated rings. The molecule has 0 unspecified atom stereocenters. The highest BCUT2D eigenvalue weighted by atomic mass is 35.5. The van der Waals surface area contributed by atoms with Gasteiger partial charge in [0.1, 0.15) is 24.4 Å². The van der Waals surface area contributed by atoms with E-state index in [2.05, 4.69) is 0 Å². The molecular formula is C14H18ClNO7. The van der Waals surface area contributed by atoms with Gasteiger partial charge in [-0.05, 0) is 24.3 Å². The number of amides is 1. The van der Waals surface area contributed by atoms with Gasteiger partial charge in [0.05, 0.1) is 12.3 Å². The van der Waals surface area contributed by atoms with Crippen LogP contribution < -0.4 is 5.06 Å². The smallest absolute Gasteiger partial charge is 0.247 e. The molecule has 2 rings (SSSR count). The third-order valence-corrected chi connectivity index (χ3v) is 3.66. The molecule has 1 amide bonds. The summed E-state index contributed by atoms with van der Waals surface area (Å²) >= 11 is 5.79. The monoisotopic (exact) mass is 347 g/mol. The number of aliphatic hydroxyl groups excluding tert-OH is 4. The number of benzene rings is 1. The first-order valence-electron chi connectivity index (χ1n) is 6.88. The minimum Gasteiger partial charge on any atom is -0.394 e. The molecule has 0 bridgehead atoms. The van der Waals surface area contributed by atoms with Crippen molar-refractivity contribution in [3.8, 4) is 0 Å².